The third-order valence-corrected chi connectivity index (χ3v) is 12.6. The number of allylic oxidation sites excluding steroid dienone is 14. The summed E-state index contributed by atoms with van der Waals surface area (Å²) >= 11 is 0. The lowest BCUT2D eigenvalue weighted by molar-refractivity contribution is 0.126. The highest BCUT2D eigenvalue weighted by molar-refractivity contribution is 5.30. The van der Waals surface area contributed by atoms with Crippen LogP contribution >= 0.6 is 0 Å². The summed E-state index contributed by atoms with van der Waals surface area (Å²) in [5.41, 5.74) is 10.2. The minimum absolute atomic E-state index is 0.268. The van der Waals surface area contributed by atoms with E-state index in [1.807, 2.05) is 6.08 Å². The fraction of sp³-hybridized carbons (Fsp3) is 0.600. The Morgan fingerprint density at radius 2 is 1.63 bits per heavy atom. The lowest BCUT2D eigenvalue weighted by atomic mass is 9.59. The summed E-state index contributed by atoms with van der Waals surface area (Å²) in [5.74, 6) is 1.97. The van der Waals surface area contributed by atoms with Crippen LogP contribution in [-0.4, -0.2) is 22.4 Å². The average molecular weight is 707 g/mol. The molecule has 0 aliphatic heterocycles. The lowest BCUT2D eigenvalue weighted by Gasteiger charge is -2.47. The van der Waals surface area contributed by atoms with Crippen LogP contribution in [-0.2, 0) is 0 Å². The van der Waals surface area contributed by atoms with Crippen LogP contribution < -0.4 is 0 Å². The van der Waals surface area contributed by atoms with E-state index in [9.17, 15) is 0 Å². The molecule has 0 radical (unpaired) electrons. The standard InChI is InChI=1S/C50H78N2/c1-12-20-41(8)21-19-38-51(46(14-3)30-22-39(5)6)47(15-4)33-26-43(10)50(36-17-16-18-37-50)45-28-34-49(35-29-45)52(44(11)27-23-40(7)13-2)48-31-24-42(9)25-32-48/h12-13,15,19,21-22,26,31,33-34,41-42,45-46H,1,4,11,14,16-18,20,23-25,27-30,32,35-38H2,2-3,5-10H3/b21-19-,40-13-,43-26+,47-33+/t41-,42-,45?,46?/m0/s1. The van der Waals surface area contributed by atoms with Gasteiger partial charge in [0, 0.05) is 35.4 Å². The van der Waals surface area contributed by atoms with Gasteiger partial charge in [-0.15, -0.1) is 6.58 Å². The molecule has 4 atom stereocenters. The van der Waals surface area contributed by atoms with Crippen molar-refractivity contribution in [2.75, 3.05) is 6.54 Å². The van der Waals surface area contributed by atoms with Gasteiger partial charge >= 0.3 is 0 Å². The summed E-state index contributed by atoms with van der Waals surface area (Å²) in [6.07, 6.45) is 42.7. The van der Waals surface area contributed by atoms with Crippen LogP contribution in [0.3, 0.4) is 0 Å². The van der Waals surface area contributed by atoms with E-state index in [2.05, 4.69) is 133 Å². The van der Waals surface area contributed by atoms with Gasteiger partial charge in [-0.1, -0.05) is 119 Å². The van der Waals surface area contributed by atoms with E-state index in [1.54, 1.807) is 5.57 Å². The summed E-state index contributed by atoms with van der Waals surface area (Å²) < 4.78 is 0. The molecule has 0 bridgehead atoms. The zero-order chi connectivity index (χ0) is 38.1. The average Bonchev–Trinajstić information content (AvgIpc) is 3.15. The number of rotatable bonds is 20. The molecule has 2 nitrogen and oxygen atoms in total. The normalized spacial score (nSPS) is 22.6. The predicted molar refractivity (Wildman–Crippen MR) is 232 cm³/mol. The molecule has 1 saturated carbocycles. The predicted octanol–water partition coefficient (Wildman–Crippen LogP) is 15.1. The lowest BCUT2D eigenvalue weighted by Crippen LogP contribution is -2.36. The van der Waals surface area contributed by atoms with Crippen LogP contribution in [0.2, 0.25) is 0 Å². The maximum Gasteiger partial charge on any atom is 0.0365 e. The molecule has 288 valence electrons. The molecule has 0 heterocycles. The molecule has 3 aliphatic carbocycles. The Bertz CT molecular complexity index is 1380. The maximum absolute atomic E-state index is 4.70. The van der Waals surface area contributed by atoms with E-state index in [4.69, 9.17) is 6.58 Å². The molecular formula is C50H78N2. The number of hydrogen-bond acceptors (Lipinski definition) is 2. The van der Waals surface area contributed by atoms with Crippen LogP contribution in [0.1, 0.15) is 158 Å². The van der Waals surface area contributed by atoms with Gasteiger partial charge in [-0.05, 0) is 153 Å². The molecule has 0 aromatic heterocycles. The van der Waals surface area contributed by atoms with Gasteiger partial charge in [-0.3, -0.25) is 0 Å². The molecule has 3 rings (SSSR count). The Balaban J connectivity index is 1.94. The van der Waals surface area contributed by atoms with Crippen molar-refractivity contribution in [2.24, 2.45) is 23.2 Å². The van der Waals surface area contributed by atoms with Crippen LogP contribution in [0.25, 0.3) is 0 Å². The van der Waals surface area contributed by atoms with Crippen molar-refractivity contribution in [3.05, 3.63) is 120 Å². The van der Waals surface area contributed by atoms with Gasteiger partial charge in [0.25, 0.3) is 0 Å². The molecule has 0 aromatic carbocycles. The van der Waals surface area contributed by atoms with Gasteiger partial charge in [0.05, 0.1) is 0 Å². The Morgan fingerprint density at radius 1 is 0.942 bits per heavy atom. The van der Waals surface area contributed by atoms with E-state index < -0.39 is 0 Å². The Hall–Kier alpha value is -3.00. The van der Waals surface area contributed by atoms with Crippen molar-refractivity contribution in [3.8, 4) is 0 Å². The quantitative estimate of drug-likeness (QED) is 0.0918. The molecule has 0 aromatic rings. The molecule has 2 unspecified atom stereocenters. The fourth-order valence-corrected chi connectivity index (χ4v) is 8.93. The molecular weight excluding hydrogens is 629 g/mol. The maximum atomic E-state index is 4.70. The van der Waals surface area contributed by atoms with Crippen molar-refractivity contribution in [1.82, 2.24) is 9.80 Å². The molecule has 0 spiro atoms. The minimum atomic E-state index is 0.268. The highest BCUT2D eigenvalue weighted by atomic mass is 15.2. The molecule has 0 saturated heterocycles. The van der Waals surface area contributed by atoms with Gasteiger partial charge in [0.1, 0.15) is 0 Å². The fourth-order valence-electron chi connectivity index (χ4n) is 8.93. The van der Waals surface area contributed by atoms with Crippen LogP contribution in [0.4, 0.5) is 0 Å². The first-order valence-electron chi connectivity index (χ1n) is 21.2. The monoisotopic (exact) mass is 707 g/mol. The molecule has 52 heavy (non-hydrogen) atoms. The molecule has 2 heteroatoms. The topological polar surface area (TPSA) is 6.48 Å². The summed E-state index contributed by atoms with van der Waals surface area (Å²) in [6, 6.07) is 0.430. The summed E-state index contributed by atoms with van der Waals surface area (Å²) in [5, 5.41) is 0. The number of hydrogen-bond donors (Lipinski definition) is 0. The van der Waals surface area contributed by atoms with E-state index in [1.165, 1.54) is 98.1 Å². The van der Waals surface area contributed by atoms with Crippen LogP contribution in [0.15, 0.2) is 120 Å². The number of nitrogens with zero attached hydrogens (tertiary/aromatic N) is 2. The highest BCUT2D eigenvalue weighted by Gasteiger charge is 2.41. The minimum Gasteiger partial charge on any atom is -0.365 e. The first-order chi connectivity index (χ1) is 25.0. The molecule has 3 aliphatic rings. The van der Waals surface area contributed by atoms with Gasteiger partial charge < -0.3 is 9.80 Å². The first-order valence-corrected chi connectivity index (χ1v) is 21.2. The van der Waals surface area contributed by atoms with E-state index >= 15 is 0 Å². The second-order valence-electron chi connectivity index (χ2n) is 16.8. The zero-order valence-electron chi connectivity index (χ0n) is 35.1. The highest BCUT2D eigenvalue weighted by Crippen LogP contribution is 2.53. The first kappa shape index (κ1) is 43.4. The second-order valence-corrected chi connectivity index (χ2v) is 16.8. The SMILES string of the molecule is C=CC[C@H](C)/C=C\CN(/C(C=C)=C/C=C(\C)C1(C2CC=C(N(C(=C)CC/C(C)=C\C)C3=CC[C@H](C)CC3)CC2)CCCCC1)C(CC)CC=C(C)C. The van der Waals surface area contributed by atoms with E-state index in [0.717, 1.165) is 51.0 Å². The Labute approximate surface area is 322 Å². The smallest absolute Gasteiger partial charge is 0.0365 e. The third kappa shape index (κ3) is 12.6. The zero-order valence-corrected chi connectivity index (χ0v) is 35.1. The van der Waals surface area contributed by atoms with E-state index in [-0.39, 0.29) is 5.41 Å². The summed E-state index contributed by atoms with van der Waals surface area (Å²) in [4.78, 5) is 5.21. The van der Waals surface area contributed by atoms with Crippen molar-refractivity contribution >= 4 is 0 Å². The van der Waals surface area contributed by atoms with Crippen LogP contribution in [0, 0.1) is 23.2 Å². The largest absolute Gasteiger partial charge is 0.365 e. The van der Waals surface area contributed by atoms with E-state index in [0.29, 0.717) is 17.9 Å². The molecule has 0 N–H and O–H groups in total. The third-order valence-electron chi connectivity index (χ3n) is 12.6. The second kappa shape index (κ2) is 22.3. The van der Waals surface area contributed by atoms with Gasteiger partial charge in [0.15, 0.2) is 0 Å². The van der Waals surface area contributed by atoms with Crippen molar-refractivity contribution in [3.63, 3.8) is 0 Å². The molecule has 0 amide bonds. The Kier molecular flexibility index (Phi) is 18.6. The van der Waals surface area contributed by atoms with Gasteiger partial charge in [-0.2, -0.15) is 0 Å². The van der Waals surface area contributed by atoms with Crippen molar-refractivity contribution in [2.45, 2.75) is 164 Å². The molecule has 1 fully saturated rings. The van der Waals surface area contributed by atoms with Crippen LogP contribution in [0.5, 0.6) is 0 Å². The Morgan fingerprint density at radius 3 is 2.19 bits per heavy atom. The van der Waals surface area contributed by atoms with Gasteiger partial charge in [-0.25, -0.2) is 0 Å². The summed E-state index contributed by atoms with van der Waals surface area (Å²) in [7, 11) is 0. The van der Waals surface area contributed by atoms with Crippen molar-refractivity contribution < 1.29 is 0 Å². The van der Waals surface area contributed by atoms with Gasteiger partial charge in [0.2, 0.25) is 0 Å². The summed E-state index contributed by atoms with van der Waals surface area (Å²) in [6.45, 7) is 32.2. The van der Waals surface area contributed by atoms with Crippen molar-refractivity contribution in [1.29, 1.82) is 0 Å².